The van der Waals surface area contributed by atoms with Gasteiger partial charge in [-0.25, -0.2) is 9.37 Å². The molecule has 35 heavy (non-hydrogen) atoms. The largest absolute Gasteiger partial charge is 0.497 e. The first kappa shape index (κ1) is 24.6. The van der Waals surface area contributed by atoms with Crippen LogP contribution in [-0.4, -0.2) is 54.0 Å². The Morgan fingerprint density at radius 1 is 1.31 bits per heavy atom. The van der Waals surface area contributed by atoms with E-state index in [4.69, 9.17) is 14.2 Å². The normalized spacial score (nSPS) is 17.8. The molecule has 0 aliphatic carbocycles. The number of nitrogens with zero attached hydrogens (tertiary/aromatic N) is 1. The lowest BCUT2D eigenvalue weighted by molar-refractivity contribution is -0.0378. The van der Waals surface area contributed by atoms with Crippen molar-refractivity contribution in [3.8, 4) is 11.5 Å². The van der Waals surface area contributed by atoms with Crippen LogP contribution in [0.3, 0.4) is 0 Å². The van der Waals surface area contributed by atoms with Crippen molar-refractivity contribution in [2.45, 2.75) is 31.9 Å². The lowest BCUT2D eigenvalue weighted by atomic mass is 9.98. The van der Waals surface area contributed by atoms with Crippen LogP contribution in [-0.2, 0) is 11.3 Å². The summed E-state index contributed by atoms with van der Waals surface area (Å²) in [6.45, 7) is 0.932. The molecule has 0 radical (unpaired) electrons. The fraction of sp³-hybridized carbons (Fsp3) is 0.400. The van der Waals surface area contributed by atoms with Gasteiger partial charge in [-0.1, -0.05) is 12.1 Å². The number of rotatable bonds is 9. The topological polar surface area (TPSA) is 123 Å². The van der Waals surface area contributed by atoms with E-state index >= 15 is 0 Å². The van der Waals surface area contributed by atoms with E-state index in [-0.39, 0.29) is 54.3 Å². The van der Waals surface area contributed by atoms with Crippen molar-refractivity contribution in [3.63, 3.8) is 0 Å². The molecule has 0 saturated carbocycles. The Morgan fingerprint density at radius 2 is 2.17 bits per heavy atom. The molecule has 3 aromatic rings. The lowest BCUT2D eigenvalue weighted by Crippen LogP contribution is -2.29. The zero-order chi connectivity index (χ0) is 24.8. The number of hydrogen-bond donors (Lipinski definition) is 3. The quantitative estimate of drug-likeness (QED) is 0.426. The highest BCUT2D eigenvalue weighted by molar-refractivity contribution is 5.93. The van der Waals surface area contributed by atoms with Gasteiger partial charge in [-0.15, -0.1) is 0 Å². The van der Waals surface area contributed by atoms with Gasteiger partial charge in [0.2, 0.25) is 0 Å². The van der Waals surface area contributed by atoms with Crippen LogP contribution < -0.4 is 20.3 Å². The van der Waals surface area contributed by atoms with E-state index in [0.29, 0.717) is 18.8 Å². The average Bonchev–Trinajstić information content (AvgIpc) is 2.89. The Hall–Kier alpha value is -3.50. The minimum Gasteiger partial charge on any atom is -0.497 e. The highest BCUT2D eigenvalue weighted by Gasteiger charge is 2.22. The SMILES string of the molecule is COc1cccc(CNC(=O)c2nc3ccc(F)c(OCCC4CCC(CO)CO4)c3c(=O)[nH]2)c1. The summed E-state index contributed by atoms with van der Waals surface area (Å²) < 4.78 is 31.1. The Balaban J connectivity index is 1.44. The van der Waals surface area contributed by atoms with Gasteiger partial charge in [0.15, 0.2) is 17.4 Å². The minimum atomic E-state index is -0.690. The van der Waals surface area contributed by atoms with E-state index in [0.717, 1.165) is 24.5 Å². The summed E-state index contributed by atoms with van der Waals surface area (Å²) in [6, 6.07) is 9.71. The van der Waals surface area contributed by atoms with Crippen molar-refractivity contribution >= 4 is 16.8 Å². The highest BCUT2D eigenvalue weighted by atomic mass is 19.1. The first-order chi connectivity index (χ1) is 17.0. The predicted octanol–water partition coefficient (Wildman–Crippen LogP) is 2.56. The maximum Gasteiger partial charge on any atom is 0.287 e. The van der Waals surface area contributed by atoms with Crippen LogP contribution in [0.4, 0.5) is 4.39 Å². The molecule has 10 heteroatoms. The van der Waals surface area contributed by atoms with Crippen LogP contribution in [0.25, 0.3) is 10.9 Å². The Morgan fingerprint density at radius 3 is 2.91 bits per heavy atom. The first-order valence-corrected chi connectivity index (χ1v) is 11.5. The number of aliphatic hydroxyl groups is 1. The van der Waals surface area contributed by atoms with Crippen molar-refractivity contribution in [1.29, 1.82) is 0 Å². The molecule has 1 amide bonds. The van der Waals surface area contributed by atoms with E-state index in [1.54, 1.807) is 25.3 Å². The number of fused-ring (bicyclic) bond motifs is 1. The van der Waals surface area contributed by atoms with Gasteiger partial charge in [0.1, 0.15) is 11.1 Å². The fourth-order valence-corrected chi connectivity index (χ4v) is 4.00. The summed E-state index contributed by atoms with van der Waals surface area (Å²) in [5.74, 6) is -0.845. The molecule has 1 aromatic heterocycles. The summed E-state index contributed by atoms with van der Waals surface area (Å²) in [5.41, 5.74) is 0.291. The standard InChI is InChI=1S/C25H28FN3O6/c1-33-18-4-2-3-15(11-18)12-27-25(32)23-28-20-8-7-19(26)22(21(20)24(31)29-23)34-10-9-17-6-5-16(13-30)14-35-17/h2-4,7-8,11,16-17,30H,5-6,9-10,12-14H2,1H3,(H,27,32)(H,28,29,31). The average molecular weight is 486 g/mol. The number of aromatic amines is 1. The molecule has 1 aliphatic heterocycles. The summed E-state index contributed by atoms with van der Waals surface area (Å²) in [7, 11) is 1.55. The van der Waals surface area contributed by atoms with Crippen LogP contribution in [0.5, 0.6) is 11.5 Å². The Kier molecular flexibility index (Phi) is 7.94. The van der Waals surface area contributed by atoms with E-state index in [2.05, 4.69) is 15.3 Å². The van der Waals surface area contributed by atoms with E-state index in [9.17, 15) is 19.1 Å². The maximum atomic E-state index is 14.5. The van der Waals surface area contributed by atoms with Gasteiger partial charge < -0.3 is 29.6 Å². The van der Waals surface area contributed by atoms with Crippen molar-refractivity contribution in [3.05, 3.63) is 64.0 Å². The predicted molar refractivity (Wildman–Crippen MR) is 126 cm³/mol. The first-order valence-electron chi connectivity index (χ1n) is 11.5. The van der Waals surface area contributed by atoms with Gasteiger partial charge in [0, 0.05) is 25.5 Å². The number of nitrogens with one attached hydrogen (secondary N) is 2. The van der Waals surface area contributed by atoms with Gasteiger partial charge in [-0.2, -0.15) is 0 Å². The number of ether oxygens (including phenoxy) is 3. The van der Waals surface area contributed by atoms with Gasteiger partial charge >= 0.3 is 0 Å². The van der Waals surface area contributed by atoms with Crippen LogP contribution in [0.15, 0.2) is 41.2 Å². The van der Waals surface area contributed by atoms with Gasteiger partial charge in [-0.05, 0) is 42.7 Å². The molecular weight excluding hydrogens is 457 g/mol. The van der Waals surface area contributed by atoms with Crippen molar-refractivity contribution in [1.82, 2.24) is 15.3 Å². The molecule has 3 N–H and O–H groups in total. The summed E-state index contributed by atoms with van der Waals surface area (Å²) in [4.78, 5) is 32.0. The molecule has 1 saturated heterocycles. The zero-order valence-corrected chi connectivity index (χ0v) is 19.4. The minimum absolute atomic E-state index is 0.0490. The maximum absolute atomic E-state index is 14.5. The number of halogens is 1. The highest BCUT2D eigenvalue weighted by Crippen LogP contribution is 2.26. The molecule has 186 valence electrons. The summed E-state index contributed by atoms with van der Waals surface area (Å²) >= 11 is 0. The smallest absolute Gasteiger partial charge is 0.287 e. The summed E-state index contributed by atoms with van der Waals surface area (Å²) in [5, 5.41) is 11.8. The number of carbonyl (C=O) groups excluding carboxylic acids is 1. The Bertz CT molecular complexity index is 1240. The van der Waals surface area contributed by atoms with E-state index < -0.39 is 17.3 Å². The van der Waals surface area contributed by atoms with Crippen LogP contribution in [0, 0.1) is 11.7 Å². The fourth-order valence-electron chi connectivity index (χ4n) is 4.00. The Labute approximate surface area is 201 Å². The number of benzene rings is 2. The van der Waals surface area contributed by atoms with E-state index in [1.165, 1.54) is 6.07 Å². The lowest BCUT2D eigenvalue weighted by Gasteiger charge is -2.27. The van der Waals surface area contributed by atoms with Crippen LogP contribution >= 0.6 is 0 Å². The second-order valence-electron chi connectivity index (χ2n) is 8.44. The van der Waals surface area contributed by atoms with Crippen LogP contribution in [0.1, 0.15) is 35.4 Å². The number of aliphatic hydroxyl groups excluding tert-OH is 1. The summed E-state index contributed by atoms with van der Waals surface area (Å²) in [6.07, 6.45) is 2.11. The van der Waals surface area contributed by atoms with Gasteiger partial charge in [0.05, 0.1) is 31.9 Å². The molecule has 4 rings (SSSR count). The molecule has 2 atom stereocenters. The number of carbonyl (C=O) groups is 1. The molecule has 2 heterocycles. The zero-order valence-electron chi connectivity index (χ0n) is 19.4. The molecule has 0 spiro atoms. The molecule has 2 aromatic carbocycles. The molecule has 1 aliphatic rings. The second-order valence-corrected chi connectivity index (χ2v) is 8.44. The molecule has 2 unspecified atom stereocenters. The number of hydrogen-bond acceptors (Lipinski definition) is 7. The van der Waals surface area contributed by atoms with Crippen LogP contribution in [0.2, 0.25) is 0 Å². The molecule has 0 bridgehead atoms. The number of amides is 1. The molecule has 1 fully saturated rings. The van der Waals surface area contributed by atoms with Gasteiger partial charge in [0.25, 0.3) is 11.5 Å². The third kappa shape index (κ3) is 5.95. The molecular formula is C25H28FN3O6. The van der Waals surface area contributed by atoms with E-state index in [1.807, 2.05) is 6.07 Å². The van der Waals surface area contributed by atoms with Crippen molar-refractivity contribution < 1.29 is 28.5 Å². The number of aromatic nitrogens is 2. The van der Waals surface area contributed by atoms with Crippen molar-refractivity contribution in [2.24, 2.45) is 5.92 Å². The number of H-pyrrole nitrogens is 1. The van der Waals surface area contributed by atoms with Gasteiger partial charge in [-0.3, -0.25) is 9.59 Å². The third-order valence-corrected chi connectivity index (χ3v) is 5.99. The van der Waals surface area contributed by atoms with Crippen molar-refractivity contribution in [2.75, 3.05) is 26.9 Å². The third-order valence-electron chi connectivity index (χ3n) is 5.99. The molecule has 9 nitrogen and oxygen atoms in total. The monoisotopic (exact) mass is 485 g/mol. The second kappa shape index (κ2) is 11.3. The number of methoxy groups -OCH3 is 1.